The predicted octanol–water partition coefficient (Wildman–Crippen LogP) is 1.04. The van der Waals surface area contributed by atoms with Crippen LogP contribution >= 0.6 is 0 Å². The van der Waals surface area contributed by atoms with Crippen LogP contribution in [0.25, 0.3) is 0 Å². The van der Waals surface area contributed by atoms with Gasteiger partial charge in [-0.05, 0) is 5.56 Å². The van der Waals surface area contributed by atoms with E-state index >= 15 is 0 Å². The van der Waals surface area contributed by atoms with E-state index in [0.29, 0.717) is 13.0 Å². The van der Waals surface area contributed by atoms with E-state index in [0.717, 1.165) is 13.1 Å². The van der Waals surface area contributed by atoms with Crippen molar-refractivity contribution in [2.24, 2.45) is 5.92 Å². The van der Waals surface area contributed by atoms with Crippen LogP contribution in [-0.4, -0.2) is 42.3 Å². The van der Waals surface area contributed by atoms with E-state index in [1.165, 1.54) is 12.7 Å². The molecule has 18 heavy (non-hydrogen) atoms. The van der Waals surface area contributed by atoms with Gasteiger partial charge in [-0.3, -0.25) is 9.69 Å². The Hall–Kier alpha value is -1.23. The Kier molecular flexibility index (Phi) is 4.47. The first-order valence-corrected chi connectivity index (χ1v) is 6.20. The molecule has 2 rings (SSSR count). The van der Waals surface area contributed by atoms with Crippen molar-refractivity contribution in [2.45, 2.75) is 19.3 Å². The predicted molar refractivity (Wildman–Crippen MR) is 67.8 cm³/mol. The third-order valence-corrected chi connectivity index (χ3v) is 3.38. The SMILES string of the molecule is COC(O)C1CN(Cc2ccccc2)CCC1=O. The van der Waals surface area contributed by atoms with Crippen LogP contribution in [0.4, 0.5) is 0 Å². The molecule has 1 aliphatic heterocycles. The number of hydrogen-bond donors (Lipinski definition) is 1. The van der Waals surface area contributed by atoms with Crippen molar-refractivity contribution in [2.75, 3.05) is 20.2 Å². The van der Waals surface area contributed by atoms with Crippen molar-refractivity contribution in [1.82, 2.24) is 4.90 Å². The second kappa shape index (κ2) is 6.09. The topological polar surface area (TPSA) is 49.8 Å². The Balaban J connectivity index is 1.97. The summed E-state index contributed by atoms with van der Waals surface area (Å²) in [6.07, 6.45) is -0.506. The van der Waals surface area contributed by atoms with Gasteiger partial charge in [0.25, 0.3) is 0 Å². The van der Waals surface area contributed by atoms with Crippen molar-refractivity contribution in [3.8, 4) is 0 Å². The molecule has 0 amide bonds. The fourth-order valence-corrected chi connectivity index (χ4v) is 2.32. The number of likely N-dealkylation sites (tertiary alicyclic amines) is 1. The molecule has 1 fully saturated rings. The van der Waals surface area contributed by atoms with Crippen LogP contribution in [0.15, 0.2) is 30.3 Å². The maximum absolute atomic E-state index is 11.7. The van der Waals surface area contributed by atoms with E-state index in [1.807, 2.05) is 18.2 Å². The van der Waals surface area contributed by atoms with Crippen LogP contribution < -0.4 is 0 Å². The van der Waals surface area contributed by atoms with Crippen molar-refractivity contribution in [3.63, 3.8) is 0 Å². The summed E-state index contributed by atoms with van der Waals surface area (Å²) in [4.78, 5) is 13.9. The maximum Gasteiger partial charge on any atom is 0.165 e. The van der Waals surface area contributed by atoms with E-state index in [9.17, 15) is 9.90 Å². The van der Waals surface area contributed by atoms with Crippen LogP contribution in [0.1, 0.15) is 12.0 Å². The van der Waals surface area contributed by atoms with Crippen LogP contribution in [0, 0.1) is 5.92 Å². The van der Waals surface area contributed by atoms with Gasteiger partial charge in [0, 0.05) is 33.2 Å². The molecule has 1 saturated heterocycles. The standard InChI is InChI=1S/C14H19NO3/c1-18-14(17)12-10-15(8-7-13(12)16)9-11-5-3-2-4-6-11/h2-6,12,14,17H,7-10H2,1H3. The van der Waals surface area contributed by atoms with E-state index in [1.54, 1.807) is 0 Å². The van der Waals surface area contributed by atoms with Gasteiger partial charge in [-0.15, -0.1) is 0 Å². The summed E-state index contributed by atoms with van der Waals surface area (Å²) in [5, 5.41) is 9.67. The largest absolute Gasteiger partial charge is 0.367 e. The Morgan fingerprint density at radius 1 is 1.44 bits per heavy atom. The quantitative estimate of drug-likeness (QED) is 0.810. The zero-order chi connectivity index (χ0) is 13.0. The minimum absolute atomic E-state index is 0.0914. The van der Waals surface area contributed by atoms with Gasteiger partial charge in [-0.1, -0.05) is 30.3 Å². The molecule has 0 radical (unpaired) electrons. The van der Waals surface area contributed by atoms with Crippen molar-refractivity contribution in [3.05, 3.63) is 35.9 Å². The minimum Gasteiger partial charge on any atom is -0.367 e. The molecule has 1 heterocycles. The third-order valence-electron chi connectivity index (χ3n) is 3.38. The van der Waals surface area contributed by atoms with Crippen LogP contribution in [0.3, 0.4) is 0 Å². The Labute approximate surface area is 107 Å². The summed E-state index contributed by atoms with van der Waals surface area (Å²) in [6, 6.07) is 10.1. The average Bonchev–Trinajstić information content (AvgIpc) is 2.41. The summed E-state index contributed by atoms with van der Waals surface area (Å²) in [5.74, 6) is -0.332. The first kappa shape index (κ1) is 13.2. The van der Waals surface area contributed by atoms with Crippen molar-refractivity contribution < 1.29 is 14.6 Å². The number of carbonyl (C=O) groups excluding carboxylic acids is 1. The molecular formula is C14H19NO3. The highest BCUT2D eigenvalue weighted by Gasteiger charge is 2.32. The highest BCUT2D eigenvalue weighted by atomic mass is 16.6. The van der Waals surface area contributed by atoms with Crippen molar-refractivity contribution >= 4 is 5.78 Å². The maximum atomic E-state index is 11.7. The number of benzene rings is 1. The molecule has 1 N–H and O–H groups in total. The summed E-state index contributed by atoms with van der Waals surface area (Å²) >= 11 is 0. The molecule has 1 aliphatic rings. The number of aliphatic hydroxyl groups excluding tert-OH is 1. The van der Waals surface area contributed by atoms with Gasteiger partial charge in [0.15, 0.2) is 6.29 Å². The summed E-state index contributed by atoms with van der Waals surface area (Å²) in [5.41, 5.74) is 1.22. The van der Waals surface area contributed by atoms with Gasteiger partial charge in [0.2, 0.25) is 0 Å². The van der Waals surface area contributed by atoms with E-state index < -0.39 is 12.2 Å². The Bertz CT molecular complexity index is 393. The summed E-state index contributed by atoms with van der Waals surface area (Å²) in [6.45, 7) is 2.12. The van der Waals surface area contributed by atoms with Gasteiger partial charge in [0.05, 0.1) is 5.92 Å². The number of ether oxygens (including phenoxy) is 1. The summed E-state index contributed by atoms with van der Waals surface area (Å²) in [7, 11) is 1.42. The smallest absolute Gasteiger partial charge is 0.165 e. The average molecular weight is 249 g/mol. The molecule has 4 nitrogen and oxygen atoms in total. The number of hydrogen-bond acceptors (Lipinski definition) is 4. The molecule has 2 unspecified atom stereocenters. The number of aliphatic hydroxyl groups is 1. The molecule has 1 aromatic rings. The zero-order valence-electron chi connectivity index (χ0n) is 10.6. The van der Waals surface area contributed by atoms with Crippen LogP contribution in [0.5, 0.6) is 0 Å². The first-order valence-electron chi connectivity index (χ1n) is 6.20. The van der Waals surface area contributed by atoms with Gasteiger partial charge >= 0.3 is 0 Å². The van der Waals surface area contributed by atoms with Gasteiger partial charge in [-0.25, -0.2) is 0 Å². The second-order valence-corrected chi connectivity index (χ2v) is 4.67. The molecule has 2 atom stereocenters. The number of methoxy groups -OCH3 is 1. The number of rotatable bonds is 4. The normalized spacial score (nSPS) is 23.0. The molecule has 98 valence electrons. The fourth-order valence-electron chi connectivity index (χ4n) is 2.32. The lowest BCUT2D eigenvalue weighted by Crippen LogP contribution is -2.45. The van der Waals surface area contributed by atoms with Crippen LogP contribution in [-0.2, 0) is 16.1 Å². The molecule has 0 aliphatic carbocycles. The molecule has 0 spiro atoms. The Morgan fingerprint density at radius 3 is 2.83 bits per heavy atom. The van der Waals surface area contributed by atoms with Crippen molar-refractivity contribution in [1.29, 1.82) is 0 Å². The number of ketones is 1. The first-order chi connectivity index (χ1) is 8.70. The van der Waals surface area contributed by atoms with E-state index in [-0.39, 0.29) is 5.78 Å². The molecule has 1 aromatic carbocycles. The highest BCUT2D eigenvalue weighted by Crippen LogP contribution is 2.19. The second-order valence-electron chi connectivity index (χ2n) is 4.67. The zero-order valence-corrected chi connectivity index (χ0v) is 10.6. The third kappa shape index (κ3) is 3.16. The Morgan fingerprint density at radius 2 is 2.17 bits per heavy atom. The van der Waals surface area contributed by atoms with Crippen LogP contribution in [0.2, 0.25) is 0 Å². The lowest BCUT2D eigenvalue weighted by atomic mass is 9.95. The lowest BCUT2D eigenvalue weighted by Gasteiger charge is -2.33. The molecule has 4 heteroatoms. The highest BCUT2D eigenvalue weighted by molar-refractivity contribution is 5.82. The number of piperidine rings is 1. The monoisotopic (exact) mass is 249 g/mol. The fraction of sp³-hybridized carbons (Fsp3) is 0.500. The van der Waals surface area contributed by atoms with Gasteiger partial charge in [0.1, 0.15) is 5.78 Å². The molecule has 0 aromatic heterocycles. The van der Waals surface area contributed by atoms with E-state index in [4.69, 9.17) is 4.74 Å². The lowest BCUT2D eigenvalue weighted by molar-refractivity contribution is -0.154. The number of Topliss-reactive ketones (excluding diaryl/α,β-unsaturated/α-hetero) is 1. The molecule has 0 bridgehead atoms. The van der Waals surface area contributed by atoms with E-state index in [2.05, 4.69) is 17.0 Å². The minimum atomic E-state index is -0.990. The van der Waals surface area contributed by atoms with Gasteiger partial charge in [-0.2, -0.15) is 0 Å². The number of nitrogens with zero attached hydrogens (tertiary/aromatic N) is 1. The molecule has 0 saturated carbocycles. The van der Waals surface area contributed by atoms with Gasteiger partial charge < -0.3 is 9.84 Å². The molecular weight excluding hydrogens is 230 g/mol. The summed E-state index contributed by atoms with van der Waals surface area (Å²) < 4.78 is 4.87. The number of carbonyl (C=O) groups is 1.